The molecule has 0 aliphatic rings. The number of nitrogens with zero attached hydrogens (tertiary/aromatic N) is 2. The maximum atomic E-state index is 12.5. The van der Waals surface area contributed by atoms with Gasteiger partial charge in [-0.15, -0.1) is 11.3 Å². The molecule has 0 aliphatic heterocycles. The van der Waals surface area contributed by atoms with E-state index in [2.05, 4.69) is 41.5 Å². The number of hydrogen-bond donors (Lipinski definition) is 2. The van der Waals surface area contributed by atoms with Crippen molar-refractivity contribution < 1.29 is 9.59 Å². The average molecular weight is 404 g/mol. The molecular weight excluding hydrogens is 384 g/mol. The molecule has 0 saturated heterocycles. The molecule has 3 N–H and O–H groups in total. The van der Waals surface area contributed by atoms with Crippen LogP contribution in [0.2, 0.25) is 0 Å². The number of nitrogens with one attached hydrogen (secondary N) is 1. The van der Waals surface area contributed by atoms with Gasteiger partial charge in [0.05, 0.1) is 12.1 Å². The highest BCUT2D eigenvalue weighted by molar-refractivity contribution is 7.15. The smallest absolute Gasteiger partial charge is 0.248 e. The monoisotopic (exact) mass is 404 g/mol. The number of carbonyl (C=O) groups excluding carboxylic acids is 2. The number of thiazole rings is 1. The fourth-order valence-corrected chi connectivity index (χ4v) is 3.97. The zero-order valence-corrected chi connectivity index (χ0v) is 16.7. The number of hydrogen-bond acceptors (Lipinski definition) is 4. The van der Waals surface area contributed by atoms with Crippen LogP contribution in [0.3, 0.4) is 0 Å². The van der Waals surface area contributed by atoms with E-state index in [1.165, 1.54) is 16.9 Å². The molecule has 0 spiro atoms. The molecule has 0 bridgehead atoms. The number of rotatable bonds is 6. The van der Waals surface area contributed by atoms with Crippen LogP contribution in [0.25, 0.3) is 16.2 Å². The number of carbonyl (C=O) groups is 2. The molecule has 4 aromatic rings. The summed E-state index contributed by atoms with van der Waals surface area (Å²) in [5, 5.41) is 4.79. The fourth-order valence-electron chi connectivity index (χ4n) is 3.09. The van der Waals surface area contributed by atoms with Crippen molar-refractivity contribution in [1.29, 1.82) is 0 Å². The van der Waals surface area contributed by atoms with Gasteiger partial charge < -0.3 is 11.1 Å². The third-order valence-corrected chi connectivity index (χ3v) is 5.62. The predicted molar refractivity (Wildman–Crippen MR) is 115 cm³/mol. The average Bonchev–Trinajstić information content (AvgIpc) is 3.30. The van der Waals surface area contributed by atoms with Crippen molar-refractivity contribution in [3.8, 4) is 11.3 Å². The molecule has 4 rings (SSSR count). The van der Waals surface area contributed by atoms with Crippen LogP contribution in [0.4, 0.5) is 5.69 Å². The first-order valence-corrected chi connectivity index (χ1v) is 10.2. The Morgan fingerprint density at radius 2 is 1.83 bits per heavy atom. The second-order valence-corrected chi connectivity index (χ2v) is 7.56. The first-order valence-electron chi connectivity index (χ1n) is 9.28. The van der Waals surface area contributed by atoms with Gasteiger partial charge in [-0.1, -0.05) is 31.2 Å². The quantitative estimate of drug-likeness (QED) is 0.511. The molecule has 0 saturated carbocycles. The summed E-state index contributed by atoms with van der Waals surface area (Å²) in [7, 11) is 0. The summed E-state index contributed by atoms with van der Waals surface area (Å²) < 4.78 is 1.96. The standard InChI is InChI=1S/C22H20N4O2S/c1-2-14-3-5-15(6-4-14)19-12-26-18(13-29-22(26)25-19)11-20(27)24-17-9-7-16(8-10-17)21(23)28/h3-10,12-13H,2,11H2,1H3,(H2,23,28)(H,24,27). The van der Waals surface area contributed by atoms with Crippen molar-refractivity contribution >= 4 is 33.8 Å². The zero-order valence-electron chi connectivity index (χ0n) is 15.9. The van der Waals surface area contributed by atoms with E-state index >= 15 is 0 Å². The summed E-state index contributed by atoms with van der Waals surface area (Å²) in [5.74, 6) is -0.636. The molecular formula is C22H20N4O2S. The van der Waals surface area contributed by atoms with Crippen molar-refractivity contribution in [3.63, 3.8) is 0 Å². The van der Waals surface area contributed by atoms with Crippen LogP contribution >= 0.6 is 11.3 Å². The molecule has 0 atom stereocenters. The minimum absolute atomic E-state index is 0.140. The Hall–Kier alpha value is -3.45. The van der Waals surface area contributed by atoms with Gasteiger partial charge in [-0.25, -0.2) is 4.98 Å². The van der Waals surface area contributed by atoms with Crippen LogP contribution in [-0.4, -0.2) is 21.2 Å². The molecule has 7 heteroatoms. The molecule has 2 amide bonds. The number of nitrogens with two attached hydrogens (primary N) is 1. The van der Waals surface area contributed by atoms with Crippen molar-refractivity contribution in [2.24, 2.45) is 5.73 Å². The van der Waals surface area contributed by atoms with Crippen LogP contribution < -0.4 is 11.1 Å². The number of anilines is 1. The number of benzene rings is 2. The molecule has 2 heterocycles. The number of primary amides is 1. The Morgan fingerprint density at radius 1 is 1.10 bits per heavy atom. The SMILES string of the molecule is CCc1ccc(-c2cn3c(CC(=O)Nc4ccc(C(N)=O)cc4)csc3n2)cc1. The second-order valence-electron chi connectivity index (χ2n) is 6.72. The van der Waals surface area contributed by atoms with Gasteiger partial charge in [0.2, 0.25) is 11.8 Å². The highest BCUT2D eigenvalue weighted by Gasteiger charge is 2.13. The number of aryl methyl sites for hydroxylation is 1. The van der Waals surface area contributed by atoms with Crippen LogP contribution in [0.1, 0.15) is 28.5 Å². The summed E-state index contributed by atoms with van der Waals surface area (Å²) in [5.41, 5.74) is 10.4. The summed E-state index contributed by atoms with van der Waals surface area (Å²) in [6.07, 6.45) is 3.20. The van der Waals surface area contributed by atoms with Crippen molar-refractivity contribution in [1.82, 2.24) is 9.38 Å². The van der Waals surface area contributed by atoms with E-state index in [1.807, 2.05) is 16.0 Å². The summed E-state index contributed by atoms with van der Waals surface area (Å²) in [6, 6.07) is 14.9. The predicted octanol–water partition coefficient (Wildman–Crippen LogP) is 3.91. The Kier molecular flexibility index (Phi) is 5.14. The molecule has 29 heavy (non-hydrogen) atoms. The maximum absolute atomic E-state index is 12.5. The lowest BCUT2D eigenvalue weighted by Crippen LogP contribution is -2.16. The van der Waals surface area contributed by atoms with E-state index in [9.17, 15) is 9.59 Å². The van der Waals surface area contributed by atoms with E-state index in [-0.39, 0.29) is 12.3 Å². The zero-order chi connectivity index (χ0) is 20.4. The number of amides is 2. The molecule has 2 aromatic carbocycles. The van der Waals surface area contributed by atoms with E-state index in [1.54, 1.807) is 24.3 Å². The lowest BCUT2D eigenvalue weighted by atomic mass is 10.1. The number of fused-ring (bicyclic) bond motifs is 1. The van der Waals surface area contributed by atoms with E-state index in [0.717, 1.165) is 28.3 Å². The first-order chi connectivity index (χ1) is 14.0. The summed E-state index contributed by atoms with van der Waals surface area (Å²) in [4.78, 5) is 29.1. The maximum Gasteiger partial charge on any atom is 0.248 e. The topological polar surface area (TPSA) is 89.5 Å². The largest absolute Gasteiger partial charge is 0.366 e. The highest BCUT2D eigenvalue weighted by atomic mass is 32.1. The Balaban J connectivity index is 1.49. The molecule has 6 nitrogen and oxygen atoms in total. The molecule has 0 fully saturated rings. The number of imidazole rings is 1. The van der Waals surface area contributed by atoms with Gasteiger partial charge >= 0.3 is 0 Å². The molecule has 146 valence electrons. The summed E-state index contributed by atoms with van der Waals surface area (Å²) in [6.45, 7) is 2.13. The normalized spacial score (nSPS) is 10.9. The van der Waals surface area contributed by atoms with Gasteiger partial charge in [0.15, 0.2) is 4.96 Å². The molecule has 0 aliphatic carbocycles. The van der Waals surface area contributed by atoms with E-state index in [0.29, 0.717) is 11.3 Å². The van der Waals surface area contributed by atoms with Crippen molar-refractivity contribution in [2.75, 3.05) is 5.32 Å². The third kappa shape index (κ3) is 4.05. The Morgan fingerprint density at radius 3 is 2.48 bits per heavy atom. The van der Waals surface area contributed by atoms with Crippen LogP contribution in [-0.2, 0) is 17.6 Å². The van der Waals surface area contributed by atoms with E-state index < -0.39 is 5.91 Å². The van der Waals surface area contributed by atoms with Crippen molar-refractivity contribution in [2.45, 2.75) is 19.8 Å². The fraction of sp³-hybridized carbons (Fsp3) is 0.136. The van der Waals surface area contributed by atoms with Crippen LogP contribution in [0.5, 0.6) is 0 Å². The van der Waals surface area contributed by atoms with E-state index in [4.69, 9.17) is 5.73 Å². The Labute approximate surface area is 172 Å². The first kappa shape index (κ1) is 18.9. The highest BCUT2D eigenvalue weighted by Crippen LogP contribution is 2.24. The van der Waals surface area contributed by atoms with Gasteiger partial charge in [-0.3, -0.25) is 14.0 Å². The lowest BCUT2D eigenvalue weighted by molar-refractivity contribution is -0.115. The third-order valence-electron chi connectivity index (χ3n) is 4.74. The molecule has 0 radical (unpaired) electrons. The van der Waals surface area contributed by atoms with Gasteiger partial charge in [0, 0.05) is 34.1 Å². The minimum atomic E-state index is -0.496. The lowest BCUT2D eigenvalue weighted by Gasteiger charge is -2.05. The molecule has 0 unspecified atom stereocenters. The second kappa shape index (κ2) is 7.89. The number of aromatic nitrogens is 2. The van der Waals surface area contributed by atoms with Crippen molar-refractivity contribution in [3.05, 3.63) is 76.9 Å². The Bertz CT molecular complexity index is 1170. The van der Waals surface area contributed by atoms with Gasteiger partial charge in [0.25, 0.3) is 0 Å². The summed E-state index contributed by atoms with van der Waals surface area (Å²) >= 11 is 1.51. The van der Waals surface area contributed by atoms with Crippen LogP contribution in [0.15, 0.2) is 60.1 Å². The minimum Gasteiger partial charge on any atom is -0.366 e. The van der Waals surface area contributed by atoms with Gasteiger partial charge in [0.1, 0.15) is 0 Å². The van der Waals surface area contributed by atoms with Gasteiger partial charge in [-0.2, -0.15) is 0 Å². The van der Waals surface area contributed by atoms with Crippen LogP contribution in [0, 0.1) is 0 Å². The molecule has 2 aromatic heterocycles. The van der Waals surface area contributed by atoms with Gasteiger partial charge in [-0.05, 0) is 36.2 Å².